The third-order valence-electron chi connectivity index (χ3n) is 2.83. The zero-order valence-electron chi connectivity index (χ0n) is 10.2. The van der Waals surface area contributed by atoms with Gasteiger partial charge in [0.05, 0.1) is 23.2 Å². The van der Waals surface area contributed by atoms with E-state index in [0.29, 0.717) is 0 Å². The van der Waals surface area contributed by atoms with Crippen LogP contribution in [0.15, 0.2) is 21.5 Å². The molecule has 20 heavy (non-hydrogen) atoms. The highest BCUT2D eigenvalue weighted by atomic mass is 79.9. The van der Waals surface area contributed by atoms with E-state index in [-0.39, 0.29) is 36.3 Å². The van der Waals surface area contributed by atoms with Gasteiger partial charge in [0.15, 0.2) is 5.82 Å². The van der Waals surface area contributed by atoms with E-state index in [0.717, 1.165) is 16.4 Å². The van der Waals surface area contributed by atoms with E-state index < -0.39 is 26.7 Å². The van der Waals surface area contributed by atoms with Gasteiger partial charge in [0.25, 0.3) is 0 Å². The fourth-order valence-electron chi connectivity index (χ4n) is 1.80. The normalized spacial score (nSPS) is 17.1. The van der Waals surface area contributed by atoms with Crippen molar-refractivity contribution in [3.05, 3.63) is 28.0 Å². The molecule has 2 rings (SSSR count). The third kappa shape index (κ3) is 2.85. The number of ether oxygens (including phenoxy) is 1. The first-order valence-corrected chi connectivity index (χ1v) is 7.87. The topological polar surface area (TPSA) is 83.9 Å². The largest absolute Gasteiger partial charge is 0.478 e. The smallest absolute Gasteiger partial charge is 0.335 e. The van der Waals surface area contributed by atoms with Gasteiger partial charge in [-0.25, -0.2) is 17.6 Å². The molecule has 1 N–H and O–H groups in total. The third-order valence-corrected chi connectivity index (χ3v) is 5.30. The van der Waals surface area contributed by atoms with E-state index >= 15 is 0 Å². The lowest BCUT2D eigenvalue weighted by Gasteiger charge is -2.26. The van der Waals surface area contributed by atoms with Gasteiger partial charge in [0, 0.05) is 13.1 Å². The highest BCUT2D eigenvalue weighted by Gasteiger charge is 2.31. The maximum atomic E-state index is 14.0. The van der Waals surface area contributed by atoms with E-state index in [4.69, 9.17) is 9.84 Å². The second kappa shape index (κ2) is 5.76. The molecule has 0 radical (unpaired) electrons. The van der Waals surface area contributed by atoms with Crippen LogP contribution in [0, 0.1) is 5.82 Å². The molecule has 9 heteroatoms. The van der Waals surface area contributed by atoms with Crippen LogP contribution in [0.2, 0.25) is 0 Å². The Kier molecular flexibility index (Phi) is 4.43. The molecule has 6 nitrogen and oxygen atoms in total. The van der Waals surface area contributed by atoms with E-state index in [1.165, 1.54) is 0 Å². The van der Waals surface area contributed by atoms with E-state index in [2.05, 4.69) is 15.9 Å². The quantitative estimate of drug-likeness (QED) is 0.870. The van der Waals surface area contributed by atoms with Crippen LogP contribution in [0.3, 0.4) is 0 Å². The predicted octanol–water partition coefficient (Wildman–Crippen LogP) is 1.31. The average Bonchev–Trinajstić information content (AvgIpc) is 2.42. The summed E-state index contributed by atoms with van der Waals surface area (Å²) >= 11 is 2.84. The van der Waals surface area contributed by atoms with Crippen molar-refractivity contribution in [2.45, 2.75) is 4.90 Å². The molecule has 0 unspecified atom stereocenters. The lowest BCUT2D eigenvalue weighted by atomic mass is 10.2. The van der Waals surface area contributed by atoms with Gasteiger partial charge >= 0.3 is 5.97 Å². The van der Waals surface area contributed by atoms with Crippen LogP contribution in [0.5, 0.6) is 0 Å². The van der Waals surface area contributed by atoms with Crippen molar-refractivity contribution in [2.75, 3.05) is 26.3 Å². The fourth-order valence-corrected chi connectivity index (χ4v) is 3.91. The van der Waals surface area contributed by atoms with E-state index in [1.54, 1.807) is 0 Å². The fraction of sp³-hybridized carbons (Fsp3) is 0.364. The van der Waals surface area contributed by atoms with Crippen LogP contribution in [-0.4, -0.2) is 50.1 Å². The van der Waals surface area contributed by atoms with Crippen LogP contribution >= 0.6 is 15.9 Å². The molecule has 1 aromatic carbocycles. The first-order chi connectivity index (χ1) is 9.34. The van der Waals surface area contributed by atoms with Gasteiger partial charge in [-0.1, -0.05) is 0 Å². The number of hydrogen-bond acceptors (Lipinski definition) is 4. The van der Waals surface area contributed by atoms with Crippen LogP contribution in [0.1, 0.15) is 10.4 Å². The molecule has 110 valence electrons. The van der Waals surface area contributed by atoms with Gasteiger partial charge in [-0.05, 0) is 28.1 Å². The summed E-state index contributed by atoms with van der Waals surface area (Å²) in [4.78, 5) is 10.3. The molecule has 1 aliphatic rings. The van der Waals surface area contributed by atoms with Crippen molar-refractivity contribution in [3.8, 4) is 0 Å². The standard InChI is InChI=1S/C11H11BrFNO5S/c12-8-5-7(11(15)16)6-9(10(8)13)20(17,18)14-1-3-19-4-2-14/h5-6H,1-4H2,(H,15,16). The Balaban J connectivity index is 2.52. The number of aromatic carboxylic acids is 1. The summed E-state index contributed by atoms with van der Waals surface area (Å²) in [5, 5.41) is 8.93. The number of benzene rings is 1. The Labute approximate surface area is 123 Å². The van der Waals surface area contributed by atoms with Gasteiger partial charge < -0.3 is 9.84 Å². The lowest BCUT2D eigenvalue weighted by Crippen LogP contribution is -2.41. The molecule has 1 aliphatic heterocycles. The van der Waals surface area contributed by atoms with Gasteiger partial charge in [0.1, 0.15) is 4.90 Å². The number of carbonyl (C=O) groups is 1. The zero-order valence-corrected chi connectivity index (χ0v) is 12.6. The molecule has 1 aromatic rings. The average molecular weight is 368 g/mol. The summed E-state index contributed by atoms with van der Waals surface area (Å²) in [6.45, 7) is 0.661. The summed E-state index contributed by atoms with van der Waals surface area (Å²) in [6.07, 6.45) is 0. The molecule has 0 atom stereocenters. The Morgan fingerprint density at radius 1 is 1.35 bits per heavy atom. The van der Waals surface area contributed by atoms with Crippen molar-refractivity contribution in [3.63, 3.8) is 0 Å². The minimum Gasteiger partial charge on any atom is -0.478 e. The second-order valence-electron chi connectivity index (χ2n) is 4.09. The highest BCUT2D eigenvalue weighted by molar-refractivity contribution is 9.10. The minimum atomic E-state index is -4.09. The van der Waals surface area contributed by atoms with Crippen molar-refractivity contribution in [2.24, 2.45) is 0 Å². The summed E-state index contributed by atoms with van der Waals surface area (Å²) < 4.78 is 44.6. The summed E-state index contributed by atoms with van der Waals surface area (Å²) in [7, 11) is -4.09. The molecule has 0 aromatic heterocycles. The van der Waals surface area contributed by atoms with E-state index in [1.807, 2.05) is 0 Å². The Morgan fingerprint density at radius 3 is 2.50 bits per heavy atom. The number of carboxylic acids is 1. The van der Waals surface area contributed by atoms with Gasteiger partial charge in [-0.2, -0.15) is 4.31 Å². The molecule has 1 heterocycles. The summed E-state index contributed by atoms with van der Waals surface area (Å²) in [6, 6.07) is 1.85. The molecular formula is C11H11BrFNO5S. The number of rotatable bonds is 3. The number of halogens is 2. The lowest BCUT2D eigenvalue weighted by molar-refractivity contribution is 0.0695. The van der Waals surface area contributed by atoms with E-state index in [9.17, 15) is 17.6 Å². The molecule has 0 aliphatic carbocycles. The monoisotopic (exact) mass is 367 g/mol. The maximum Gasteiger partial charge on any atom is 0.335 e. The number of hydrogen-bond donors (Lipinski definition) is 1. The molecule has 0 amide bonds. The van der Waals surface area contributed by atoms with Crippen LogP contribution in [0.4, 0.5) is 4.39 Å². The van der Waals surface area contributed by atoms with Crippen molar-refractivity contribution in [1.29, 1.82) is 0 Å². The van der Waals surface area contributed by atoms with Crippen LogP contribution in [0.25, 0.3) is 0 Å². The number of nitrogens with zero attached hydrogens (tertiary/aromatic N) is 1. The first kappa shape index (κ1) is 15.4. The van der Waals surface area contributed by atoms with Crippen LogP contribution < -0.4 is 0 Å². The van der Waals surface area contributed by atoms with Gasteiger partial charge in [-0.3, -0.25) is 0 Å². The van der Waals surface area contributed by atoms with Crippen LogP contribution in [-0.2, 0) is 14.8 Å². The first-order valence-electron chi connectivity index (χ1n) is 5.64. The molecule has 0 saturated carbocycles. The van der Waals surface area contributed by atoms with Gasteiger partial charge in [0.2, 0.25) is 10.0 Å². The molecule has 0 spiro atoms. The van der Waals surface area contributed by atoms with Gasteiger partial charge in [-0.15, -0.1) is 0 Å². The Morgan fingerprint density at radius 2 is 1.95 bits per heavy atom. The molecule has 0 bridgehead atoms. The Hall–Kier alpha value is -1.03. The van der Waals surface area contributed by atoms with Crippen molar-refractivity contribution >= 4 is 31.9 Å². The summed E-state index contributed by atoms with van der Waals surface area (Å²) in [5.74, 6) is -2.33. The Bertz CT molecular complexity index is 642. The molecule has 1 fully saturated rings. The number of carboxylic acid groups (broad SMARTS) is 1. The number of morpholine rings is 1. The van der Waals surface area contributed by atoms with Crippen molar-refractivity contribution in [1.82, 2.24) is 4.31 Å². The maximum absolute atomic E-state index is 14.0. The second-order valence-corrected chi connectivity index (χ2v) is 6.85. The summed E-state index contributed by atoms with van der Waals surface area (Å²) in [5.41, 5.74) is -0.301. The molecular weight excluding hydrogens is 357 g/mol. The highest BCUT2D eigenvalue weighted by Crippen LogP contribution is 2.27. The zero-order chi connectivity index (χ0) is 14.9. The molecule has 1 saturated heterocycles. The van der Waals surface area contributed by atoms with Crippen molar-refractivity contribution < 1.29 is 27.4 Å². The number of sulfonamides is 1. The predicted molar refractivity (Wildman–Crippen MR) is 70.6 cm³/mol. The minimum absolute atomic E-state index is 0.108. The SMILES string of the molecule is O=C(O)c1cc(Br)c(F)c(S(=O)(=O)N2CCOCC2)c1.